The lowest BCUT2D eigenvalue weighted by molar-refractivity contribution is 0.204. The van der Waals surface area contributed by atoms with Crippen molar-refractivity contribution in [2.75, 3.05) is 31.7 Å². The van der Waals surface area contributed by atoms with Crippen LogP contribution in [-0.2, 0) is 16.6 Å². The van der Waals surface area contributed by atoms with Gasteiger partial charge in [-0.2, -0.15) is 0 Å². The lowest BCUT2D eigenvalue weighted by Gasteiger charge is -2.41. The van der Waals surface area contributed by atoms with Crippen LogP contribution in [0, 0.1) is 0 Å². The fourth-order valence-electron chi connectivity index (χ4n) is 3.22. The van der Waals surface area contributed by atoms with Gasteiger partial charge in [0.2, 0.25) is 0 Å². The average molecular weight is 304 g/mol. The summed E-state index contributed by atoms with van der Waals surface area (Å²) >= 11 is 0. The van der Waals surface area contributed by atoms with Crippen LogP contribution in [0.4, 0.5) is 5.69 Å². The van der Waals surface area contributed by atoms with Gasteiger partial charge in [-0.15, -0.1) is 0 Å². The summed E-state index contributed by atoms with van der Waals surface area (Å²) in [6.07, 6.45) is 2.07. The Balaban J connectivity index is 2.56. The topological polar surface area (TPSA) is 45.1 Å². The summed E-state index contributed by atoms with van der Waals surface area (Å²) in [4.78, 5) is 2.39. The number of benzene rings is 1. The minimum absolute atomic E-state index is 0.172. The van der Waals surface area contributed by atoms with E-state index in [1.165, 1.54) is 16.8 Å². The highest BCUT2D eigenvalue weighted by Gasteiger charge is 2.32. The fraction of sp³-hybridized carbons (Fsp3) is 0.611. The van der Waals surface area contributed by atoms with E-state index in [-0.39, 0.29) is 5.41 Å². The molecule has 0 atom stereocenters. The van der Waals surface area contributed by atoms with E-state index in [1.807, 2.05) is 6.92 Å². The minimum Gasteiger partial charge on any atom is -0.411 e. The Morgan fingerprint density at radius 3 is 2.73 bits per heavy atom. The zero-order valence-corrected chi connectivity index (χ0v) is 14.4. The number of nitrogens with zero attached hydrogens (tertiary/aromatic N) is 2. The molecule has 0 aliphatic carbocycles. The molecule has 0 fully saturated rings. The molecule has 0 spiro atoms. The standard InChI is InChI=1S/C18H28N2O2/c1-6-14-11-16-17(12-15(14)13(2)19-21)20(9-10-22-5)8-7-18(16,3)4/h11-12,21H,6-10H2,1-5H3/b19-13-. The second-order valence-electron chi connectivity index (χ2n) is 6.68. The monoisotopic (exact) mass is 304 g/mol. The number of hydrogen-bond donors (Lipinski definition) is 1. The Morgan fingerprint density at radius 1 is 1.41 bits per heavy atom. The number of fused-ring (bicyclic) bond motifs is 1. The Labute approximate surface area is 133 Å². The molecule has 0 aromatic heterocycles. The number of rotatable bonds is 5. The van der Waals surface area contributed by atoms with Crippen molar-refractivity contribution in [3.63, 3.8) is 0 Å². The number of hydrogen-bond acceptors (Lipinski definition) is 4. The molecule has 1 heterocycles. The van der Waals surface area contributed by atoms with Gasteiger partial charge in [-0.05, 0) is 42.4 Å². The van der Waals surface area contributed by atoms with Crippen LogP contribution < -0.4 is 4.90 Å². The first-order chi connectivity index (χ1) is 10.4. The van der Waals surface area contributed by atoms with E-state index in [9.17, 15) is 5.21 Å². The van der Waals surface area contributed by atoms with Crippen LogP contribution >= 0.6 is 0 Å². The smallest absolute Gasteiger partial charge is 0.0840 e. The summed E-state index contributed by atoms with van der Waals surface area (Å²) in [5.74, 6) is 0. The van der Waals surface area contributed by atoms with Crippen LogP contribution in [0.1, 0.15) is 50.8 Å². The quantitative estimate of drug-likeness (QED) is 0.514. The Hall–Kier alpha value is -1.55. The maximum atomic E-state index is 9.18. The summed E-state index contributed by atoms with van der Waals surface area (Å²) in [5.41, 5.74) is 5.78. The third kappa shape index (κ3) is 3.12. The highest BCUT2D eigenvalue weighted by atomic mass is 16.5. The summed E-state index contributed by atoms with van der Waals surface area (Å²) in [6.45, 7) is 11.3. The first-order valence-corrected chi connectivity index (χ1v) is 8.05. The van der Waals surface area contributed by atoms with Gasteiger partial charge in [-0.3, -0.25) is 0 Å². The van der Waals surface area contributed by atoms with Crippen molar-refractivity contribution in [3.05, 3.63) is 28.8 Å². The fourth-order valence-corrected chi connectivity index (χ4v) is 3.22. The van der Waals surface area contributed by atoms with Crippen molar-refractivity contribution in [1.29, 1.82) is 0 Å². The SMILES string of the molecule is CCc1cc2c(cc1/C(C)=N\O)N(CCOC)CCC2(C)C. The van der Waals surface area contributed by atoms with Crippen molar-refractivity contribution in [2.45, 2.75) is 46.0 Å². The molecule has 1 aliphatic heterocycles. The molecule has 0 bridgehead atoms. The van der Waals surface area contributed by atoms with Crippen molar-refractivity contribution < 1.29 is 9.94 Å². The first-order valence-electron chi connectivity index (χ1n) is 8.05. The maximum absolute atomic E-state index is 9.18. The number of oxime groups is 1. The predicted molar refractivity (Wildman–Crippen MR) is 91.5 cm³/mol. The van der Waals surface area contributed by atoms with Gasteiger partial charge >= 0.3 is 0 Å². The first kappa shape index (κ1) is 16.8. The molecule has 4 nitrogen and oxygen atoms in total. The van der Waals surface area contributed by atoms with E-state index >= 15 is 0 Å². The van der Waals surface area contributed by atoms with Gasteiger partial charge in [-0.25, -0.2) is 0 Å². The number of anilines is 1. The zero-order chi connectivity index (χ0) is 16.3. The average Bonchev–Trinajstić information content (AvgIpc) is 2.52. The molecular weight excluding hydrogens is 276 g/mol. The van der Waals surface area contributed by atoms with Crippen LogP contribution in [0.3, 0.4) is 0 Å². The van der Waals surface area contributed by atoms with E-state index in [2.05, 4.69) is 43.0 Å². The second-order valence-corrected chi connectivity index (χ2v) is 6.68. The summed E-state index contributed by atoms with van der Waals surface area (Å²) in [7, 11) is 1.74. The maximum Gasteiger partial charge on any atom is 0.0840 e. The van der Waals surface area contributed by atoms with Crippen LogP contribution in [0.25, 0.3) is 0 Å². The molecule has 0 amide bonds. The molecule has 122 valence electrons. The predicted octanol–water partition coefficient (Wildman–Crippen LogP) is 3.58. The van der Waals surface area contributed by atoms with E-state index in [0.717, 1.165) is 38.1 Å². The van der Waals surface area contributed by atoms with Crippen LogP contribution in [0.5, 0.6) is 0 Å². The molecule has 22 heavy (non-hydrogen) atoms. The highest BCUT2D eigenvalue weighted by Crippen LogP contribution is 2.41. The van der Waals surface area contributed by atoms with Gasteiger partial charge in [0.25, 0.3) is 0 Å². The molecule has 0 saturated heterocycles. The largest absolute Gasteiger partial charge is 0.411 e. The lowest BCUT2D eigenvalue weighted by atomic mass is 9.76. The molecule has 1 N–H and O–H groups in total. The molecular formula is C18H28N2O2. The van der Waals surface area contributed by atoms with Crippen molar-refractivity contribution in [3.8, 4) is 0 Å². The molecule has 1 aromatic rings. The molecule has 1 aromatic carbocycles. The molecule has 0 saturated carbocycles. The summed E-state index contributed by atoms with van der Waals surface area (Å²) in [6, 6.07) is 4.50. The van der Waals surface area contributed by atoms with Gasteiger partial charge in [0, 0.05) is 31.5 Å². The van der Waals surface area contributed by atoms with Crippen LogP contribution in [0.2, 0.25) is 0 Å². The Kier molecular flexibility index (Phi) is 5.12. The van der Waals surface area contributed by atoms with Crippen molar-refractivity contribution >= 4 is 11.4 Å². The Bertz CT molecular complexity index is 564. The van der Waals surface area contributed by atoms with Gasteiger partial charge in [0.1, 0.15) is 0 Å². The number of ether oxygens (including phenoxy) is 1. The molecule has 0 radical (unpaired) electrons. The van der Waals surface area contributed by atoms with Crippen molar-refractivity contribution in [1.82, 2.24) is 0 Å². The van der Waals surface area contributed by atoms with Crippen LogP contribution in [0.15, 0.2) is 17.3 Å². The lowest BCUT2D eigenvalue weighted by Crippen LogP contribution is -2.39. The highest BCUT2D eigenvalue weighted by molar-refractivity contribution is 6.00. The minimum atomic E-state index is 0.172. The van der Waals surface area contributed by atoms with E-state index in [0.29, 0.717) is 5.71 Å². The van der Waals surface area contributed by atoms with Gasteiger partial charge in [-0.1, -0.05) is 32.0 Å². The molecule has 4 heteroatoms. The summed E-state index contributed by atoms with van der Waals surface area (Å²) < 4.78 is 5.25. The van der Waals surface area contributed by atoms with Crippen LogP contribution in [-0.4, -0.2) is 37.7 Å². The van der Waals surface area contributed by atoms with E-state index in [1.54, 1.807) is 7.11 Å². The molecule has 2 rings (SSSR count). The number of methoxy groups -OCH3 is 1. The van der Waals surface area contributed by atoms with Gasteiger partial charge in [0.05, 0.1) is 12.3 Å². The van der Waals surface area contributed by atoms with Crippen molar-refractivity contribution in [2.24, 2.45) is 5.16 Å². The third-order valence-electron chi connectivity index (χ3n) is 4.78. The van der Waals surface area contributed by atoms with E-state index < -0.39 is 0 Å². The van der Waals surface area contributed by atoms with Gasteiger partial charge < -0.3 is 14.8 Å². The molecule has 0 unspecified atom stereocenters. The number of aryl methyl sites for hydroxylation is 1. The molecule has 1 aliphatic rings. The normalized spacial score (nSPS) is 17.5. The summed E-state index contributed by atoms with van der Waals surface area (Å²) in [5, 5.41) is 12.6. The Morgan fingerprint density at radius 2 is 2.14 bits per heavy atom. The second kappa shape index (κ2) is 6.69. The third-order valence-corrected chi connectivity index (χ3v) is 4.78. The van der Waals surface area contributed by atoms with E-state index in [4.69, 9.17) is 4.74 Å². The van der Waals surface area contributed by atoms with Gasteiger partial charge in [0.15, 0.2) is 0 Å². The zero-order valence-electron chi connectivity index (χ0n) is 14.4.